The molecule has 2 aromatic carbocycles. The molecule has 0 aromatic heterocycles. The highest BCUT2D eigenvalue weighted by molar-refractivity contribution is 6.99. The molecule has 2 aliphatic heterocycles. The maximum absolute atomic E-state index is 15.2. The number of alkyl halides is 2. The van der Waals surface area contributed by atoms with Crippen molar-refractivity contribution in [3.05, 3.63) is 72.5 Å². The van der Waals surface area contributed by atoms with Crippen LogP contribution in [0.1, 0.15) is 60.8 Å². The quantitative estimate of drug-likeness (QED) is 0.362. The fourth-order valence-corrected chi connectivity index (χ4v) is 10.0. The number of rotatable bonds is 9. The van der Waals surface area contributed by atoms with Crippen LogP contribution in [0.3, 0.4) is 0 Å². The predicted molar refractivity (Wildman–Crippen MR) is 145 cm³/mol. The summed E-state index contributed by atoms with van der Waals surface area (Å²) in [5.74, 6) is -4.31. The Morgan fingerprint density at radius 2 is 1.49 bits per heavy atom. The first-order valence-corrected chi connectivity index (χ1v) is 15.2. The lowest BCUT2D eigenvalue weighted by Gasteiger charge is -2.44. The molecule has 2 heterocycles. The van der Waals surface area contributed by atoms with Gasteiger partial charge in [-0.2, -0.15) is 8.78 Å². The number of hydrogen-bond donors (Lipinski definition) is 0. The zero-order chi connectivity index (χ0) is 26.9. The van der Waals surface area contributed by atoms with Crippen LogP contribution in [0.2, 0.25) is 5.04 Å². The maximum atomic E-state index is 15.2. The molecule has 3 atom stereocenters. The van der Waals surface area contributed by atoms with E-state index in [-0.39, 0.29) is 23.8 Å². The topological polar surface area (TPSA) is 36.9 Å². The molecule has 4 nitrogen and oxygen atoms in total. The van der Waals surface area contributed by atoms with Crippen LogP contribution in [0.25, 0.3) is 0 Å². The summed E-state index contributed by atoms with van der Waals surface area (Å²) in [6.07, 6.45) is 0.336. The van der Waals surface area contributed by atoms with E-state index in [2.05, 4.69) is 45.0 Å². The van der Waals surface area contributed by atoms with Crippen LogP contribution in [0.4, 0.5) is 8.78 Å². The summed E-state index contributed by atoms with van der Waals surface area (Å²) in [6, 6.07) is 20.5. The van der Waals surface area contributed by atoms with E-state index < -0.39 is 38.3 Å². The number of unbranched alkanes of at least 4 members (excludes halogenated alkanes) is 1. The molecule has 0 saturated carbocycles. The van der Waals surface area contributed by atoms with Crippen molar-refractivity contribution >= 4 is 18.7 Å². The van der Waals surface area contributed by atoms with E-state index in [9.17, 15) is 0 Å². The summed E-state index contributed by atoms with van der Waals surface area (Å²) >= 11 is 0. The van der Waals surface area contributed by atoms with Gasteiger partial charge in [0.05, 0.1) is 6.61 Å². The molecule has 4 rings (SSSR count). The smallest absolute Gasteiger partial charge is 0.303 e. The highest BCUT2D eigenvalue weighted by atomic mass is 28.4. The molecule has 1 fully saturated rings. The van der Waals surface area contributed by atoms with Gasteiger partial charge in [-0.25, -0.2) is 0 Å². The standard InChI is InChI=1S/C30H40F2O4Si/c1-7-8-19-30(31,32)26-20-24-27(36-29(5,6)35-24)25(34-26)21-33-37(28(2,3)4,22-15-11-9-12-16-22)23-17-13-10-14-18-23/h9-18,20,24-25,27H,7-8,19,21H2,1-6H3/t24-,25-,27-/m1/s1. The third-order valence-electron chi connectivity index (χ3n) is 7.21. The Bertz CT molecular complexity index is 1030. The third-order valence-corrected chi connectivity index (χ3v) is 12.2. The molecule has 0 N–H and O–H groups in total. The molecule has 7 heteroatoms. The van der Waals surface area contributed by atoms with Gasteiger partial charge in [0.2, 0.25) is 0 Å². The lowest BCUT2D eigenvalue weighted by atomic mass is 10.0. The van der Waals surface area contributed by atoms with Crippen molar-refractivity contribution in [2.45, 2.75) is 95.9 Å². The normalized spacial score (nSPS) is 23.8. The molecule has 37 heavy (non-hydrogen) atoms. The van der Waals surface area contributed by atoms with Crippen LogP contribution >= 0.6 is 0 Å². The van der Waals surface area contributed by atoms with Crippen LogP contribution in [0.5, 0.6) is 0 Å². The van der Waals surface area contributed by atoms with Crippen molar-refractivity contribution in [1.82, 2.24) is 0 Å². The Kier molecular flexibility index (Phi) is 8.01. The van der Waals surface area contributed by atoms with E-state index in [1.807, 2.05) is 43.3 Å². The van der Waals surface area contributed by atoms with Gasteiger partial charge in [0.1, 0.15) is 18.3 Å². The zero-order valence-corrected chi connectivity index (χ0v) is 23.8. The summed E-state index contributed by atoms with van der Waals surface area (Å²) in [4.78, 5) is 0. The Labute approximate surface area is 221 Å². The summed E-state index contributed by atoms with van der Waals surface area (Å²) in [7, 11) is -2.89. The van der Waals surface area contributed by atoms with Gasteiger partial charge >= 0.3 is 5.92 Å². The largest absolute Gasteiger partial charge is 0.483 e. The SMILES string of the molecule is CCCCC(F)(F)C1=C[C@H]2OC(C)(C)O[C@H]2[C@@H](CO[Si](c2ccccc2)(c2ccccc2)C(C)(C)C)O1. The van der Waals surface area contributed by atoms with Gasteiger partial charge in [-0.3, -0.25) is 0 Å². The number of hydrogen-bond acceptors (Lipinski definition) is 4. The average Bonchev–Trinajstić information content (AvgIpc) is 3.17. The number of benzene rings is 2. The van der Waals surface area contributed by atoms with E-state index in [1.54, 1.807) is 13.8 Å². The summed E-state index contributed by atoms with van der Waals surface area (Å²) in [5, 5.41) is 1.99. The molecule has 0 amide bonds. The van der Waals surface area contributed by atoms with Crippen LogP contribution in [0, 0.1) is 0 Å². The molecular formula is C30H40F2O4Si. The molecule has 0 aliphatic carbocycles. The molecule has 0 spiro atoms. The fraction of sp³-hybridized carbons (Fsp3) is 0.533. The minimum absolute atomic E-state index is 0.106. The van der Waals surface area contributed by atoms with E-state index in [4.69, 9.17) is 18.6 Å². The van der Waals surface area contributed by atoms with Gasteiger partial charge < -0.3 is 18.6 Å². The van der Waals surface area contributed by atoms with Crippen LogP contribution < -0.4 is 10.4 Å². The van der Waals surface area contributed by atoms with E-state index in [0.29, 0.717) is 12.8 Å². The van der Waals surface area contributed by atoms with Gasteiger partial charge in [0.25, 0.3) is 8.32 Å². The van der Waals surface area contributed by atoms with Gasteiger partial charge in [-0.15, -0.1) is 0 Å². The van der Waals surface area contributed by atoms with Crippen molar-refractivity contribution < 1.29 is 27.4 Å². The van der Waals surface area contributed by atoms with Crippen LogP contribution in [-0.2, 0) is 18.6 Å². The van der Waals surface area contributed by atoms with E-state index in [1.165, 1.54) is 6.08 Å². The van der Waals surface area contributed by atoms with Gasteiger partial charge in [-0.05, 0) is 41.8 Å². The highest BCUT2D eigenvalue weighted by Crippen LogP contribution is 2.42. The van der Waals surface area contributed by atoms with Gasteiger partial charge in [0, 0.05) is 6.42 Å². The lowest BCUT2D eigenvalue weighted by molar-refractivity contribution is -0.159. The summed E-state index contributed by atoms with van der Waals surface area (Å²) in [6.45, 7) is 12.2. The molecule has 0 radical (unpaired) electrons. The third kappa shape index (κ3) is 5.70. The lowest BCUT2D eigenvalue weighted by Crippen LogP contribution is -2.67. The zero-order valence-electron chi connectivity index (χ0n) is 22.8. The molecule has 1 saturated heterocycles. The second kappa shape index (κ2) is 10.6. The first-order chi connectivity index (χ1) is 17.4. The van der Waals surface area contributed by atoms with Crippen LogP contribution in [0.15, 0.2) is 72.5 Å². The molecule has 0 bridgehead atoms. The number of fused-ring (bicyclic) bond motifs is 1. The molecule has 0 unspecified atom stereocenters. The number of ether oxygens (including phenoxy) is 3. The van der Waals surface area contributed by atoms with E-state index in [0.717, 1.165) is 10.4 Å². The van der Waals surface area contributed by atoms with Crippen molar-refractivity contribution in [2.75, 3.05) is 6.61 Å². The first-order valence-electron chi connectivity index (χ1n) is 13.3. The minimum atomic E-state index is -3.08. The van der Waals surface area contributed by atoms with Crippen molar-refractivity contribution in [1.29, 1.82) is 0 Å². The van der Waals surface area contributed by atoms with E-state index >= 15 is 8.78 Å². The summed E-state index contributed by atoms with van der Waals surface area (Å²) < 4.78 is 55.6. The fourth-order valence-electron chi connectivity index (χ4n) is 5.48. The monoisotopic (exact) mass is 530 g/mol. The highest BCUT2D eigenvalue weighted by Gasteiger charge is 2.54. The molecule has 2 aromatic rings. The molecule has 202 valence electrons. The van der Waals surface area contributed by atoms with Gasteiger partial charge in [0.15, 0.2) is 11.5 Å². The molecular weight excluding hydrogens is 490 g/mol. The Balaban J connectivity index is 1.71. The van der Waals surface area contributed by atoms with Crippen molar-refractivity contribution in [3.8, 4) is 0 Å². The average molecular weight is 531 g/mol. The second-order valence-corrected chi connectivity index (χ2v) is 15.8. The first kappa shape index (κ1) is 28.0. The van der Waals surface area contributed by atoms with Gasteiger partial charge in [-0.1, -0.05) is 94.8 Å². The molecule has 2 aliphatic rings. The predicted octanol–water partition coefficient (Wildman–Crippen LogP) is 6.19. The van der Waals surface area contributed by atoms with Crippen molar-refractivity contribution in [3.63, 3.8) is 0 Å². The summed E-state index contributed by atoms with van der Waals surface area (Å²) in [5.41, 5.74) is 0. The minimum Gasteiger partial charge on any atom is -0.483 e. The van der Waals surface area contributed by atoms with Crippen molar-refractivity contribution in [2.24, 2.45) is 0 Å². The Morgan fingerprint density at radius 3 is 2.00 bits per heavy atom. The Morgan fingerprint density at radius 1 is 0.919 bits per heavy atom. The number of halogens is 2. The Hall–Kier alpha value is -2.06. The second-order valence-electron chi connectivity index (χ2n) is 11.5. The maximum Gasteiger partial charge on any atom is 0.303 e. The number of allylic oxidation sites excluding steroid dienone is 1. The van der Waals surface area contributed by atoms with Crippen LogP contribution in [-0.4, -0.2) is 44.9 Å².